The Bertz CT molecular complexity index is 801. The van der Waals surface area contributed by atoms with Crippen LogP contribution in [0.3, 0.4) is 0 Å². The first-order valence-corrected chi connectivity index (χ1v) is 8.21. The lowest BCUT2D eigenvalue weighted by Gasteiger charge is -2.14. The second-order valence-electron chi connectivity index (χ2n) is 6.24. The van der Waals surface area contributed by atoms with Gasteiger partial charge in [0.05, 0.1) is 0 Å². The van der Waals surface area contributed by atoms with Gasteiger partial charge in [0.15, 0.2) is 0 Å². The minimum atomic E-state index is -1.11. The molecule has 2 aromatic carbocycles. The lowest BCUT2D eigenvalue weighted by Crippen LogP contribution is -2.34. The number of urea groups is 1. The van der Waals surface area contributed by atoms with Crippen LogP contribution in [0.5, 0.6) is 11.5 Å². The maximum absolute atomic E-state index is 11.7. The molecule has 0 aliphatic heterocycles. The Balaban J connectivity index is 2.08. The average Bonchev–Trinajstić information content (AvgIpc) is 2.52. The zero-order valence-electron chi connectivity index (χ0n) is 15.2. The zero-order valence-corrected chi connectivity index (χ0v) is 15.2. The summed E-state index contributed by atoms with van der Waals surface area (Å²) >= 11 is 0. The molecule has 0 bridgehead atoms. The normalized spacial score (nSPS) is 10.3. The molecule has 0 aliphatic carbocycles. The zero-order chi connectivity index (χ0) is 19.3. The summed E-state index contributed by atoms with van der Waals surface area (Å²) in [6, 6.07) is 10.3. The molecule has 0 aromatic heterocycles. The first-order valence-electron chi connectivity index (χ1n) is 8.21. The summed E-state index contributed by atoms with van der Waals surface area (Å²) in [5.41, 5.74) is 2.75. The topological polar surface area (TPSA) is 99.7 Å². The smallest absolute Gasteiger partial charge is 0.409 e. The van der Waals surface area contributed by atoms with Gasteiger partial charge in [0, 0.05) is 17.4 Å². The van der Waals surface area contributed by atoms with E-state index >= 15 is 0 Å². The second-order valence-corrected chi connectivity index (χ2v) is 6.24. The fourth-order valence-electron chi connectivity index (χ4n) is 2.31. The molecule has 0 fully saturated rings. The Morgan fingerprint density at radius 1 is 1.00 bits per heavy atom. The van der Waals surface area contributed by atoms with E-state index in [4.69, 9.17) is 9.84 Å². The standard InChI is InChI=1S/C19H23N3O4/c1-11(2)20-18(23)21-14-5-7-15(8-6-14)26-17-10-12(3)16(9-13(17)4)22-19(24)25/h5-11,22H,1-4H3,(H,24,25)(H2,20,21,23). The molecule has 4 N–H and O–H groups in total. The predicted molar refractivity (Wildman–Crippen MR) is 101 cm³/mol. The first-order chi connectivity index (χ1) is 12.2. The Morgan fingerprint density at radius 2 is 1.65 bits per heavy atom. The molecular weight excluding hydrogens is 334 g/mol. The van der Waals surface area contributed by atoms with Crippen molar-refractivity contribution in [2.24, 2.45) is 0 Å². The molecule has 0 radical (unpaired) electrons. The van der Waals surface area contributed by atoms with E-state index in [2.05, 4.69) is 16.0 Å². The SMILES string of the molecule is Cc1cc(Oc2ccc(NC(=O)NC(C)C)cc2)c(C)cc1NC(=O)O. The van der Waals surface area contributed by atoms with E-state index in [0.717, 1.165) is 11.1 Å². The summed E-state index contributed by atoms with van der Waals surface area (Å²) in [4.78, 5) is 22.5. The van der Waals surface area contributed by atoms with Crippen molar-refractivity contribution < 1.29 is 19.4 Å². The van der Waals surface area contributed by atoms with E-state index in [9.17, 15) is 9.59 Å². The van der Waals surface area contributed by atoms with Crippen LogP contribution in [0.2, 0.25) is 0 Å². The molecule has 138 valence electrons. The van der Waals surface area contributed by atoms with Gasteiger partial charge in [0.1, 0.15) is 11.5 Å². The van der Waals surface area contributed by atoms with E-state index in [1.165, 1.54) is 0 Å². The van der Waals surface area contributed by atoms with Gasteiger partial charge < -0.3 is 20.5 Å². The molecule has 7 heteroatoms. The molecular formula is C19H23N3O4. The van der Waals surface area contributed by atoms with E-state index in [1.807, 2.05) is 20.8 Å². The quantitative estimate of drug-likeness (QED) is 0.622. The second kappa shape index (κ2) is 8.24. The summed E-state index contributed by atoms with van der Waals surface area (Å²) in [6.07, 6.45) is -1.11. The number of rotatable bonds is 5. The number of carbonyl (C=O) groups is 2. The van der Waals surface area contributed by atoms with Crippen LogP contribution < -0.4 is 20.7 Å². The molecule has 0 saturated carbocycles. The number of carboxylic acid groups (broad SMARTS) is 1. The maximum Gasteiger partial charge on any atom is 0.409 e. The van der Waals surface area contributed by atoms with Crippen LogP contribution in [0, 0.1) is 13.8 Å². The number of aryl methyl sites for hydroxylation is 2. The molecule has 26 heavy (non-hydrogen) atoms. The van der Waals surface area contributed by atoms with Crippen molar-refractivity contribution in [2.45, 2.75) is 33.7 Å². The van der Waals surface area contributed by atoms with Gasteiger partial charge in [-0.1, -0.05) is 0 Å². The number of benzene rings is 2. The molecule has 0 atom stereocenters. The highest BCUT2D eigenvalue weighted by molar-refractivity contribution is 5.89. The summed E-state index contributed by atoms with van der Waals surface area (Å²) in [7, 11) is 0. The average molecular weight is 357 g/mol. The lowest BCUT2D eigenvalue weighted by molar-refractivity contribution is 0.209. The van der Waals surface area contributed by atoms with Crippen LogP contribution in [0.15, 0.2) is 36.4 Å². The highest BCUT2D eigenvalue weighted by Gasteiger charge is 2.09. The number of ether oxygens (including phenoxy) is 1. The van der Waals surface area contributed by atoms with Crippen molar-refractivity contribution in [2.75, 3.05) is 10.6 Å². The van der Waals surface area contributed by atoms with Gasteiger partial charge in [-0.25, -0.2) is 9.59 Å². The van der Waals surface area contributed by atoms with Gasteiger partial charge in [-0.15, -0.1) is 0 Å². The number of amides is 3. The van der Waals surface area contributed by atoms with Crippen LogP contribution in [0.4, 0.5) is 21.0 Å². The lowest BCUT2D eigenvalue weighted by atomic mass is 10.1. The Labute approximate surface area is 152 Å². The van der Waals surface area contributed by atoms with Gasteiger partial charge >= 0.3 is 12.1 Å². The van der Waals surface area contributed by atoms with Crippen LogP contribution in [0.25, 0.3) is 0 Å². The van der Waals surface area contributed by atoms with Gasteiger partial charge in [-0.3, -0.25) is 5.32 Å². The van der Waals surface area contributed by atoms with Crippen LogP contribution in [0.1, 0.15) is 25.0 Å². The van der Waals surface area contributed by atoms with E-state index in [1.54, 1.807) is 43.3 Å². The molecule has 3 amide bonds. The fraction of sp³-hybridized carbons (Fsp3) is 0.263. The van der Waals surface area contributed by atoms with Crippen molar-refractivity contribution in [3.8, 4) is 11.5 Å². The van der Waals surface area contributed by atoms with Gasteiger partial charge in [-0.2, -0.15) is 0 Å². The Hall–Kier alpha value is -3.22. The number of hydrogen-bond acceptors (Lipinski definition) is 3. The van der Waals surface area contributed by atoms with E-state index in [-0.39, 0.29) is 12.1 Å². The van der Waals surface area contributed by atoms with E-state index < -0.39 is 6.09 Å². The third kappa shape index (κ3) is 5.41. The fourth-order valence-corrected chi connectivity index (χ4v) is 2.31. The van der Waals surface area contributed by atoms with Gasteiger partial charge in [0.2, 0.25) is 0 Å². The molecule has 0 heterocycles. The van der Waals surface area contributed by atoms with Crippen molar-refractivity contribution in [1.82, 2.24) is 5.32 Å². The molecule has 0 aliphatic rings. The Morgan fingerprint density at radius 3 is 2.23 bits per heavy atom. The summed E-state index contributed by atoms with van der Waals surface area (Å²) in [6.45, 7) is 7.42. The summed E-state index contributed by atoms with van der Waals surface area (Å²) in [5, 5.41) is 16.7. The van der Waals surface area contributed by atoms with Crippen molar-refractivity contribution in [1.29, 1.82) is 0 Å². The maximum atomic E-state index is 11.7. The van der Waals surface area contributed by atoms with Crippen LogP contribution in [-0.2, 0) is 0 Å². The number of anilines is 2. The molecule has 0 saturated heterocycles. The van der Waals surface area contributed by atoms with Crippen LogP contribution in [-0.4, -0.2) is 23.3 Å². The molecule has 0 spiro atoms. The number of nitrogens with one attached hydrogen (secondary N) is 3. The predicted octanol–water partition coefficient (Wildman–Crippen LogP) is 4.72. The van der Waals surface area contributed by atoms with Crippen molar-refractivity contribution in [3.63, 3.8) is 0 Å². The number of hydrogen-bond donors (Lipinski definition) is 4. The summed E-state index contributed by atoms with van der Waals surface area (Å²) < 4.78 is 5.87. The molecule has 0 unspecified atom stereocenters. The molecule has 7 nitrogen and oxygen atoms in total. The van der Waals surface area contributed by atoms with E-state index in [0.29, 0.717) is 22.9 Å². The highest BCUT2D eigenvalue weighted by Crippen LogP contribution is 2.30. The molecule has 2 rings (SSSR count). The summed E-state index contributed by atoms with van der Waals surface area (Å²) in [5.74, 6) is 1.25. The van der Waals surface area contributed by atoms with Crippen molar-refractivity contribution in [3.05, 3.63) is 47.5 Å². The number of carbonyl (C=O) groups excluding carboxylic acids is 1. The highest BCUT2D eigenvalue weighted by atomic mass is 16.5. The van der Waals surface area contributed by atoms with Crippen LogP contribution >= 0.6 is 0 Å². The minimum Gasteiger partial charge on any atom is -0.465 e. The molecule has 2 aromatic rings. The van der Waals surface area contributed by atoms with Crippen molar-refractivity contribution >= 4 is 23.5 Å². The third-order valence-corrected chi connectivity index (χ3v) is 3.52. The first kappa shape index (κ1) is 19.1. The largest absolute Gasteiger partial charge is 0.465 e. The Kier molecular flexibility index (Phi) is 6.06. The van der Waals surface area contributed by atoms with Gasteiger partial charge in [0.25, 0.3) is 0 Å². The monoisotopic (exact) mass is 357 g/mol. The van der Waals surface area contributed by atoms with Gasteiger partial charge in [-0.05, 0) is 75.2 Å². The minimum absolute atomic E-state index is 0.0578. The third-order valence-electron chi connectivity index (χ3n) is 3.52.